The van der Waals surface area contributed by atoms with Gasteiger partial charge in [0.1, 0.15) is 5.01 Å². The Labute approximate surface area is 111 Å². The molecule has 0 bridgehead atoms. The van der Waals surface area contributed by atoms with E-state index in [-0.39, 0.29) is 0 Å². The SMILES string of the molecule is Cc1nnc(NCCn2nc(C(F)(F)F)cc2C)s1. The van der Waals surface area contributed by atoms with Gasteiger partial charge in [-0.15, -0.1) is 10.2 Å². The molecule has 2 aromatic heterocycles. The summed E-state index contributed by atoms with van der Waals surface area (Å²) in [6.45, 7) is 4.20. The van der Waals surface area contributed by atoms with E-state index < -0.39 is 11.9 Å². The predicted octanol–water partition coefficient (Wildman–Crippen LogP) is 2.48. The third-order valence-corrected chi connectivity index (χ3v) is 3.19. The lowest BCUT2D eigenvalue weighted by atomic mass is 10.4. The molecule has 0 fully saturated rings. The number of nitrogens with zero attached hydrogens (tertiary/aromatic N) is 4. The van der Waals surface area contributed by atoms with Gasteiger partial charge in [-0.3, -0.25) is 4.68 Å². The predicted molar refractivity (Wildman–Crippen MR) is 65.1 cm³/mol. The van der Waals surface area contributed by atoms with Crippen molar-refractivity contribution in [2.75, 3.05) is 11.9 Å². The molecule has 0 saturated carbocycles. The summed E-state index contributed by atoms with van der Waals surface area (Å²) in [6, 6.07) is 1.04. The highest BCUT2D eigenvalue weighted by Crippen LogP contribution is 2.28. The van der Waals surface area contributed by atoms with Gasteiger partial charge in [-0.2, -0.15) is 18.3 Å². The zero-order valence-corrected chi connectivity index (χ0v) is 11.1. The fraction of sp³-hybridized carbons (Fsp3) is 0.500. The van der Waals surface area contributed by atoms with Gasteiger partial charge in [-0.1, -0.05) is 11.3 Å². The van der Waals surface area contributed by atoms with E-state index >= 15 is 0 Å². The molecule has 0 atom stereocenters. The van der Waals surface area contributed by atoms with E-state index in [1.165, 1.54) is 16.0 Å². The summed E-state index contributed by atoms with van der Waals surface area (Å²) < 4.78 is 38.7. The van der Waals surface area contributed by atoms with Crippen LogP contribution in [0.4, 0.5) is 18.3 Å². The van der Waals surface area contributed by atoms with Crippen molar-refractivity contribution < 1.29 is 13.2 Å². The van der Waals surface area contributed by atoms with Crippen LogP contribution in [0.25, 0.3) is 0 Å². The molecule has 2 heterocycles. The Morgan fingerprint density at radius 2 is 2.05 bits per heavy atom. The fourth-order valence-electron chi connectivity index (χ4n) is 1.51. The average molecular weight is 291 g/mol. The summed E-state index contributed by atoms with van der Waals surface area (Å²) in [6.07, 6.45) is -4.40. The second-order valence-electron chi connectivity index (χ2n) is 3.94. The van der Waals surface area contributed by atoms with Crippen LogP contribution in [0.3, 0.4) is 0 Å². The van der Waals surface area contributed by atoms with Gasteiger partial charge in [0.05, 0.1) is 6.54 Å². The minimum atomic E-state index is -4.40. The molecule has 0 aliphatic carbocycles. The lowest BCUT2D eigenvalue weighted by Gasteiger charge is -2.05. The molecule has 0 radical (unpaired) electrons. The van der Waals surface area contributed by atoms with Crippen LogP contribution >= 0.6 is 11.3 Å². The quantitative estimate of drug-likeness (QED) is 0.940. The third kappa shape index (κ3) is 3.43. The van der Waals surface area contributed by atoms with E-state index in [1.807, 2.05) is 6.92 Å². The van der Waals surface area contributed by atoms with Gasteiger partial charge in [0.25, 0.3) is 0 Å². The van der Waals surface area contributed by atoms with Gasteiger partial charge in [0.2, 0.25) is 5.13 Å². The molecule has 0 aliphatic heterocycles. The maximum absolute atomic E-state index is 12.5. The molecule has 0 unspecified atom stereocenters. The Morgan fingerprint density at radius 3 is 2.58 bits per heavy atom. The topological polar surface area (TPSA) is 55.6 Å². The number of anilines is 1. The van der Waals surface area contributed by atoms with Crippen molar-refractivity contribution in [1.82, 2.24) is 20.0 Å². The molecule has 5 nitrogen and oxygen atoms in total. The van der Waals surface area contributed by atoms with Crippen LogP contribution in [0.2, 0.25) is 0 Å². The number of aryl methyl sites for hydroxylation is 2. The van der Waals surface area contributed by atoms with Crippen molar-refractivity contribution in [2.24, 2.45) is 0 Å². The molecular formula is C10H12F3N5S. The number of aromatic nitrogens is 4. The van der Waals surface area contributed by atoms with E-state index in [4.69, 9.17) is 0 Å². The highest BCUT2D eigenvalue weighted by Gasteiger charge is 2.34. The largest absolute Gasteiger partial charge is 0.435 e. The minimum absolute atomic E-state index is 0.334. The minimum Gasteiger partial charge on any atom is -0.358 e. The van der Waals surface area contributed by atoms with E-state index in [2.05, 4.69) is 20.6 Å². The van der Waals surface area contributed by atoms with Crippen LogP contribution in [0, 0.1) is 13.8 Å². The van der Waals surface area contributed by atoms with E-state index in [1.54, 1.807) is 6.92 Å². The molecule has 0 spiro atoms. The van der Waals surface area contributed by atoms with Crippen LogP contribution in [-0.2, 0) is 12.7 Å². The van der Waals surface area contributed by atoms with Gasteiger partial charge in [-0.25, -0.2) is 0 Å². The van der Waals surface area contributed by atoms with Crippen molar-refractivity contribution in [2.45, 2.75) is 26.6 Å². The summed E-state index contributed by atoms with van der Waals surface area (Å²) >= 11 is 1.39. The van der Waals surface area contributed by atoms with Crippen molar-refractivity contribution in [3.05, 3.63) is 22.5 Å². The number of hydrogen-bond acceptors (Lipinski definition) is 5. The molecule has 0 aromatic carbocycles. The van der Waals surface area contributed by atoms with Crippen LogP contribution in [-0.4, -0.2) is 26.5 Å². The first-order valence-electron chi connectivity index (χ1n) is 5.52. The van der Waals surface area contributed by atoms with E-state index in [9.17, 15) is 13.2 Å². The highest BCUT2D eigenvalue weighted by molar-refractivity contribution is 7.15. The standard InChI is InChI=1S/C10H12F3N5S/c1-6-5-8(10(11,12)13)17-18(6)4-3-14-9-16-15-7(2)19-9/h5H,3-4H2,1-2H3,(H,14,16). The number of alkyl halides is 3. The molecule has 1 N–H and O–H groups in total. The van der Waals surface area contributed by atoms with Gasteiger partial charge in [0.15, 0.2) is 5.69 Å². The molecule has 104 valence electrons. The molecule has 0 saturated heterocycles. The van der Waals surface area contributed by atoms with E-state index in [0.29, 0.717) is 23.9 Å². The molecule has 9 heteroatoms. The normalized spacial score (nSPS) is 11.8. The monoisotopic (exact) mass is 291 g/mol. The number of hydrogen-bond donors (Lipinski definition) is 1. The van der Waals surface area contributed by atoms with Crippen LogP contribution in [0.1, 0.15) is 16.4 Å². The third-order valence-electron chi connectivity index (χ3n) is 2.40. The van der Waals surface area contributed by atoms with Crippen LogP contribution in [0.15, 0.2) is 6.07 Å². The number of rotatable bonds is 4. The summed E-state index contributed by atoms with van der Waals surface area (Å²) in [5, 5.41) is 15.7. The molecule has 2 aromatic rings. The molecule has 0 amide bonds. The second-order valence-corrected chi connectivity index (χ2v) is 5.13. The summed E-state index contributed by atoms with van der Waals surface area (Å²) in [7, 11) is 0. The first-order chi connectivity index (χ1) is 8.86. The summed E-state index contributed by atoms with van der Waals surface area (Å²) in [5.74, 6) is 0. The lowest BCUT2D eigenvalue weighted by molar-refractivity contribution is -0.141. The zero-order valence-electron chi connectivity index (χ0n) is 10.3. The average Bonchev–Trinajstić information content (AvgIpc) is 2.86. The Balaban J connectivity index is 1.94. The fourth-order valence-corrected chi connectivity index (χ4v) is 2.13. The Hall–Kier alpha value is -1.64. The lowest BCUT2D eigenvalue weighted by Crippen LogP contribution is -2.14. The molecule has 19 heavy (non-hydrogen) atoms. The Bertz CT molecular complexity index is 560. The van der Waals surface area contributed by atoms with Crippen molar-refractivity contribution in [3.8, 4) is 0 Å². The van der Waals surface area contributed by atoms with Crippen molar-refractivity contribution in [3.63, 3.8) is 0 Å². The number of halogens is 3. The highest BCUT2D eigenvalue weighted by atomic mass is 32.1. The van der Waals surface area contributed by atoms with Crippen LogP contribution in [0.5, 0.6) is 0 Å². The summed E-state index contributed by atoms with van der Waals surface area (Å²) in [4.78, 5) is 0. The first kappa shape index (κ1) is 13.8. The summed E-state index contributed by atoms with van der Waals surface area (Å²) in [5.41, 5.74) is -0.390. The van der Waals surface area contributed by atoms with E-state index in [0.717, 1.165) is 11.1 Å². The Morgan fingerprint density at radius 1 is 1.32 bits per heavy atom. The van der Waals surface area contributed by atoms with Crippen molar-refractivity contribution in [1.29, 1.82) is 0 Å². The van der Waals surface area contributed by atoms with Gasteiger partial charge < -0.3 is 5.32 Å². The van der Waals surface area contributed by atoms with Gasteiger partial charge >= 0.3 is 6.18 Å². The first-order valence-corrected chi connectivity index (χ1v) is 6.33. The number of nitrogens with one attached hydrogen (secondary N) is 1. The zero-order chi connectivity index (χ0) is 14.0. The maximum Gasteiger partial charge on any atom is 0.435 e. The Kier molecular flexibility index (Phi) is 3.74. The second kappa shape index (κ2) is 5.16. The molecular weight excluding hydrogens is 279 g/mol. The van der Waals surface area contributed by atoms with Crippen molar-refractivity contribution >= 4 is 16.5 Å². The molecule has 0 aliphatic rings. The molecule has 2 rings (SSSR count). The van der Waals surface area contributed by atoms with Gasteiger partial charge in [0, 0.05) is 12.2 Å². The smallest absolute Gasteiger partial charge is 0.358 e. The van der Waals surface area contributed by atoms with Gasteiger partial charge in [-0.05, 0) is 19.9 Å². The van der Waals surface area contributed by atoms with Crippen LogP contribution < -0.4 is 5.32 Å². The maximum atomic E-state index is 12.5.